The van der Waals surface area contributed by atoms with E-state index in [0.29, 0.717) is 18.4 Å². The lowest BCUT2D eigenvalue weighted by molar-refractivity contribution is -0.289. The molecule has 26 heavy (non-hydrogen) atoms. The molecule has 2 N–H and O–H groups in total. The molecule has 8 heteroatoms. The maximum atomic E-state index is 12.3. The standard InChI is InChI=1S/C18H28NO6P/c1-17(2)12-15(25-16(20)14-8-6-5-7-9-14)13-18(3,4)19(17)24-10-11-26(21,22)23/h5-9,15H,10-13H2,1-4H3,(H2,21,22,23). The summed E-state index contributed by atoms with van der Waals surface area (Å²) in [5.74, 6) is -0.349. The van der Waals surface area contributed by atoms with Crippen LogP contribution in [0, 0.1) is 0 Å². The third-order valence-corrected chi connectivity index (χ3v) is 5.21. The van der Waals surface area contributed by atoms with Gasteiger partial charge < -0.3 is 14.5 Å². The summed E-state index contributed by atoms with van der Waals surface area (Å²) < 4.78 is 16.8. The highest BCUT2D eigenvalue weighted by molar-refractivity contribution is 7.51. The molecule has 0 saturated carbocycles. The summed E-state index contributed by atoms with van der Waals surface area (Å²) in [5.41, 5.74) is -0.403. The van der Waals surface area contributed by atoms with Gasteiger partial charge in [0.2, 0.25) is 0 Å². The third-order valence-electron chi connectivity index (χ3n) is 4.44. The van der Waals surface area contributed by atoms with Gasteiger partial charge in [0.1, 0.15) is 6.10 Å². The van der Waals surface area contributed by atoms with Crippen LogP contribution in [0.15, 0.2) is 30.3 Å². The van der Waals surface area contributed by atoms with E-state index in [2.05, 4.69) is 0 Å². The van der Waals surface area contributed by atoms with Gasteiger partial charge in [-0.05, 0) is 39.8 Å². The zero-order chi connectivity index (χ0) is 19.6. The van der Waals surface area contributed by atoms with Crippen molar-refractivity contribution in [2.75, 3.05) is 12.8 Å². The molecular formula is C18H28NO6P. The maximum Gasteiger partial charge on any atom is 0.338 e. The van der Waals surface area contributed by atoms with Gasteiger partial charge in [-0.1, -0.05) is 18.2 Å². The lowest BCUT2D eigenvalue weighted by Gasteiger charge is -2.53. The Labute approximate surface area is 154 Å². The molecular weight excluding hydrogens is 357 g/mol. The van der Waals surface area contributed by atoms with Gasteiger partial charge in [0.05, 0.1) is 18.3 Å². The molecule has 0 aromatic heterocycles. The number of hydroxylamine groups is 2. The van der Waals surface area contributed by atoms with Gasteiger partial charge in [-0.15, -0.1) is 0 Å². The Hall–Kier alpha value is -1.24. The van der Waals surface area contributed by atoms with Crippen LogP contribution in [0.3, 0.4) is 0 Å². The van der Waals surface area contributed by atoms with Crippen molar-refractivity contribution in [3.63, 3.8) is 0 Å². The van der Waals surface area contributed by atoms with E-state index >= 15 is 0 Å². The Bertz CT molecular complexity index is 652. The first-order valence-corrected chi connectivity index (χ1v) is 10.4. The van der Waals surface area contributed by atoms with Gasteiger partial charge in [-0.2, -0.15) is 5.06 Å². The number of rotatable bonds is 6. The molecule has 0 unspecified atom stereocenters. The van der Waals surface area contributed by atoms with E-state index in [1.807, 2.05) is 33.8 Å². The van der Waals surface area contributed by atoms with E-state index in [9.17, 15) is 9.36 Å². The minimum atomic E-state index is -4.10. The van der Waals surface area contributed by atoms with Crippen molar-refractivity contribution in [2.45, 2.75) is 57.7 Å². The molecule has 7 nitrogen and oxygen atoms in total. The molecule has 1 heterocycles. The molecule has 2 rings (SSSR count). The average molecular weight is 385 g/mol. The van der Waals surface area contributed by atoms with Crippen LogP contribution < -0.4 is 0 Å². The summed E-state index contributed by atoms with van der Waals surface area (Å²) >= 11 is 0. The fraction of sp³-hybridized carbons (Fsp3) is 0.611. The zero-order valence-corrected chi connectivity index (χ0v) is 16.6. The van der Waals surface area contributed by atoms with E-state index in [1.165, 1.54) is 0 Å². The predicted molar refractivity (Wildman–Crippen MR) is 97.7 cm³/mol. The van der Waals surface area contributed by atoms with Gasteiger partial charge in [0.25, 0.3) is 0 Å². The second-order valence-corrected chi connectivity index (χ2v) is 9.72. The molecule has 1 aliphatic rings. The molecule has 1 aromatic carbocycles. The fourth-order valence-corrected chi connectivity index (χ4v) is 3.97. The Morgan fingerprint density at radius 3 is 2.19 bits per heavy atom. The van der Waals surface area contributed by atoms with Crippen LogP contribution >= 0.6 is 7.60 Å². The van der Waals surface area contributed by atoms with Crippen LogP contribution in [0.2, 0.25) is 0 Å². The van der Waals surface area contributed by atoms with Crippen LogP contribution in [-0.4, -0.2) is 50.8 Å². The maximum absolute atomic E-state index is 12.3. The fourth-order valence-electron chi connectivity index (χ4n) is 3.65. The first kappa shape index (κ1) is 21.1. The van der Waals surface area contributed by atoms with Gasteiger partial charge in [-0.3, -0.25) is 9.40 Å². The number of carbonyl (C=O) groups is 1. The summed E-state index contributed by atoms with van der Waals surface area (Å²) in [6, 6.07) is 8.87. The predicted octanol–water partition coefficient (Wildman–Crippen LogP) is 2.97. The van der Waals surface area contributed by atoms with Crippen LogP contribution in [-0.2, 0) is 14.1 Å². The molecule has 0 atom stereocenters. The SMILES string of the molecule is CC1(C)CC(OC(=O)c2ccccc2)CC(C)(C)N1OCCP(=O)(O)O. The summed E-state index contributed by atoms with van der Waals surface area (Å²) in [4.78, 5) is 36.1. The van der Waals surface area contributed by atoms with E-state index in [1.54, 1.807) is 29.3 Å². The largest absolute Gasteiger partial charge is 0.459 e. The molecule has 1 fully saturated rings. The number of piperidine rings is 1. The molecule has 0 radical (unpaired) electrons. The Morgan fingerprint density at radius 1 is 1.15 bits per heavy atom. The van der Waals surface area contributed by atoms with E-state index in [-0.39, 0.29) is 24.8 Å². The number of nitrogens with zero attached hydrogens (tertiary/aromatic N) is 1. The number of esters is 1. The van der Waals surface area contributed by atoms with Crippen molar-refractivity contribution < 1.29 is 28.7 Å². The van der Waals surface area contributed by atoms with Crippen molar-refractivity contribution in [2.24, 2.45) is 0 Å². The first-order valence-electron chi connectivity index (χ1n) is 8.65. The third kappa shape index (κ3) is 5.63. The van der Waals surface area contributed by atoms with Crippen LogP contribution in [0.4, 0.5) is 0 Å². The topological polar surface area (TPSA) is 96.3 Å². The van der Waals surface area contributed by atoms with E-state index < -0.39 is 18.7 Å². The normalized spacial score (nSPS) is 20.7. The molecule has 0 bridgehead atoms. The van der Waals surface area contributed by atoms with Gasteiger partial charge in [0, 0.05) is 23.9 Å². The second kappa shape index (κ2) is 7.79. The minimum absolute atomic E-state index is 0.0639. The van der Waals surface area contributed by atoms with Gasteiger partial charge in [0.15, 0.2) is 0 Å². The summed E-state index contributed by atoms with van der Waals surface area (Å²) in [6.45, 7) is 7.80. The van der Waals surface area contributed by atoms with Crippen molar-refractivity contribution in [3.8, 4) is 0 Å². The second-order valence-electron chi connectivity index (χ2n) is 7.94. The monoisotopic (exact) mass is 385 g/mol. The number of hydrogen-bond donors (Lipinski definition) is 2. The molecule has 1 saturated heterocycles. The van der Waals surface area contributed by atoms with Gasteiger partial charge >= 0.3 is 13.6 Å². The quantitative estimate of drug-likeness (QED) is 0.574. The Balaban J connectivity index is 2.04. The van der Waals surface area contributed by atoms with Crippen molar-refractivity contribution in [1.29, 1.82) is 0 Å². The summed E-state index contributed by atoms with van der Waals surface area (Å²) in [7, 11) is -4.10. The highest BCUT2D eigenvalue weighted by Gasteiger charge is 2.48. The molecule has 0 spiro atoms. The molecule has 1 aliphatic heterocycles. The highest BCUT2D eigenvalue weighted by Crippen LogP contribution is 2.41. The van der Waals surface area contributed by atoms with Crippen molar-refractivity contribution in [3.05, 3.63) is 35.9 Å². The van der Waals surface area contributed by atoms with Crippen LogP contribution in [0.1, 0.15) is 50.9 Å². The summed E-state index contributed by atoms with van der Waals surface area (Å²) in [5, 5.41) is 1.78. The smallest absolute Gasteiger partial charge is 0.338 e. The molecule has 146 valence electrons. The molecule has 1 aromatic rings. The number of ether oxygens (including phenoxy) is 1. The number of carbonyl (C=O) groups excluding carboxylic acids is 1. The average Bonchev–Trinajstić information content (AvgIpc) is 2.49. The molecule has 0 aliphatic carbocycles. The Morgan fingerprint density at radius 2 is 1.69 bits per heavy atom. The van der Waals surface area contributed by atoms with Crippen molar-refractivity contribution >= 4 is 13.6 Å². The summed E-state index contributed by atoms with van der Waals surface area (Å²) in [6.07, 6.45) is 0.520. The number of hydrogen-bond acceptors (Lipinski definition) is 5. The van der Waals surface area contributed by atoms with Crippen molar-refractivity contribution in [1.82, 2.24) is 5.06 Å². The Kier molecular flexibility index (Phi) is 6.31. The van der Waals surface area contributed by atoms with E-state index in [4.69, 9.17) is 19.4 Å². The van der Waals surface area contributed by atoms with Crippen LogP contribution in [0.5, 0.6) is 0 Å². The first-order chi connectivity index (χ1) is 11.9. The highest BCUT2D eigenvalue weighted by atomic mass is 31.2. The lowest BCUT2D eigenvalue weighted by Crippen LogP contribution is -2.62. The van der Waals surface area contributed by atoms with Gasteiger partial charge in [-0.25, -0.2) is 4.79 Å². The van der Waals surface area contributed by atoms with E-state index in [0.717, 1.165) is 0 Å². The lowest BCUT2D eigenvalue weighted by atomic mass is 9.80. The van der Waals surface area contributed by atoms with Crippen LogP contribution in [0.25, 0.3) is 0 Å². The number of benzene rings is 1. The minimum Gasteiger partial charge on any atom is -0.459 e. The molecule has 0 amide bonds. The zero-order valence-electron chi connectivity index (χ0n) is 15.7.